The second-order valence-corrected chi connectivity index (χ2v) is 6.63. The highest BCUT2D eigenvalue weighted by atomic mass is 35.5. The van der Waals surface area contributed by atoms with Crippen molar-refractivity contribution in [1.29, 1.82) is 0 Å². The zero-order chi connectivity index (χ0) is 13.7. The van der Waals surface area contributed by atoms with Gasteiger partial charge >= 0.3 is 0 Å². The molecule has 0 bridgehead atoms. The van der Waals surface area contributed by atoms with Crippen molar-refractivity contribution in [3.8, 4) is 0 Å². The number of benzene rings is 1. The van der Waals surface area contributed by atoms with Crippen LogP contribution in [0.25, 0.3) is 0 Å². The van der Waals surface area contributed by atoms with Crippen LogP contribution in [0.5, 0.6) is 0 Å². The van der Waals surface area contributed by atoms with Crippen molar-refractivity contribution in [1.82, 2.24) is 4.90 Å². The number of likely N-dealkylation sites (tertiary alicyclic amines) is 1. The number of carbonyl (C=O) groups is 1. The third-order valence-electron chi connectivity index (χ3n) is 3.39. The van der Waals surface area contributed by atoms with Crippen LogP contribution >= 0.6 is 23.4 Å². The summed E-state index contributed by atoms with van der Waals surface area (Å²) in [4.78, 5) is 14.1. The van der Waals surface area contributed by atoms with Gasteiger partial charge in [-0.15, -0.1) is 11.8 Å². The van der Waals surface area contributed by atoms with E-state index in [1.807, 2.05) is 29.2 Å². The standard InChI is InChI=1S/C15H20ClNOS/c1-12-4-3-7-17(9-12)15(18)11-19-10-13-5-2-6-14(16)8-13/h2,5-6,8,12H,3-4,7,9-11H2,1H3/t12-/m1/s1. The first kappa shape index (κ1) is 14.7. The number of amides is 1. The lowest BCUT2D eigenvalue weighted by Gasteiger charge is -2.30. The van der Waals surface area contributed by atoms with Gasteiger partial charge < -0.3 is 4.90 Å². The summed E-state index contributed by atoms with van der Waals surface area (Å²) >= 11 is 7.61. The Morgan fingerprint density at radius 1 is 1.53 bits per heavy atom. The van der Waals surface area contributed by atoms with Crippen LogP contribution < -0.4 is 0 Å². The average Bonchev–Trinajstić information content (AvgIpc) is 2.38. The smallest absolute Gasteiger partial charge is 0.232 e. The molecular formula is C15H20ClNOS. The highest BCUT2D eigenvalue weighted by molar-refractivity contribution is 7.99. The number of piperidine rings is 1. The Morgan fingerprint density at radius 3 is 3.11 bits per heavy atom. The third-order valence-corrected chi connectivity index (χ3v) is 4.62. The largest absolute Gasteiger partial charge is 0.342 e. The van der Waals surface area contributed by atoms with Crippen molar-refractivity contribution in [2.75, 3.05) is 18.8 Å². The lowest BCUT2D eigenvalue weighted by Crippen LogP contribution is -2.40. The zero-order valence-corrected chi connectivity index (χ0v) is 12.8. The number of thioether (sulfide) groups is 1. The van der Waals surface area contributed by atoms with Crippen LogP contribution in [0.15, 0.2) is 24.3 Å². The first-order valence-corrected chi connectivity index (χ1v) is 8.28. The highest BCUT2D eigenvalue weighted by Crippen LogP contribution is 2.19. The van der Waals surface area contributed by atoms with Gasteiger partial charge in [-0.25, -0.2) is 0 Å². The molecule has 1 saturated heterocycles. The molecule has 1 aliphatic heterocycles. The van der Waals surface area contributed by atoms with Crippen LogP contribution in [0, 0.1) is 5.92 Å². The van der Waals surface area contributed by atoms with Crippen LogP contribution in [-0.2, 0) is 10.5 Å². The molecule has 1 atom stereocenters. The Balaban J connectivity index is 1.74. The molecule has 0 unspecified atom stereocenters. The van der Waals surface area contributed by atoms with Gasteiger partial charge in [0, 0.05) is 23.9 Å². The molecule has 1 heterocycles. The summed E-state index contributed by atoms with van der Waals surface area (Å²) in [7, 11) is 0. The van der Waals surface area contributed by atoms with Gasteiger partial charge in [0.15, 0.2) is 0 Å². The maximum Gasteiger partial charge on any atom is 0.232 e. The first-order chi connectivity index (χ1) is 9.15. The molecule has 1 fully saturated rings. The maximum absolute atomic E-state index is 12.1. The van der Waals surface area contributed by atoms with E-state index in [4.69, 9.17) is 11.6 Å². The lowest BCUT2D eigenvalue weighted by atomic mass is 10.0. The van der Waals surface area contributed by atoms with E-state index in [0.717, 1.165) is 30.3 Å². The Kier molecular flexibility index (Phi) is 5.59. The van der Waals surface area contributed by atoms with Gasteiger partial charge in [-0.05, 0) is 36.5 Å². The molecular weight excluding hydrogens is 278 g/mol. The molecule has 19 heavy (non-hydrogen) atoms. The van der Waals surface area contributed by atoms with Gasteiger partial charge in [-0.1, -0.05) is 30.7 Å². The number of hydrogen-bond donors (Lipinski definition) is 0. The van der Waals surface area contributed by atoms with Crippen molar-refractivity contribution in [3.63, 3.8) is 0 Å². The van der Waals surface area contributed by atoms with Crippen molar-refractivity contribution >= 4 is 29.3 Å². The quantitative estimate of drug-likeness (QED) is 0.842. The van der Waals surface area contributed by atoms with Gasteiger partial charge in [-0.3, -0.25) is 4.79 Å². The molecule has 104 valence electrons. The molecule has 0 saturated carbocycles. The van der Waals surface area contributed by atoms with Gasteiger partial charge in [0.05, 0.1) is 5.75 Å². The monoisotopic (exact) mass is 297 g/mol. The van der Waals surface area contributed by atoms with E-state index in [-0.39, 0.29) is 5.91 Å². The van der Waals surface area contributed by atoms with Crippen LogP contribution in [0.2, 0.25) is 5.02 Å². The van der Waals surface area contributed by atoms with Crippen LogP contribution in [0.3, 0.4) is 0 Å². The normalized spacial score (nSPS) is 19.5. The molecule has 0 spiro atoms. The number of rotatable bonds is 4. The minimum absolute atomic E-state index is 0.276. The minimum Gasteiger partial charge on any atom is -0.342 e. The van der Waals surface area contributed by atoms with Crippen LogP contribution in [0.4, 0.5) is 0 Å². The molecule has 2 rings (SSSR count). The minimum atomic E-state index is 0.276. The molecule has 0 N–H and O–H groups in total. The van der Waals surface area contributed by atoms with Gasteiger partial charge in [-0.2, -0.15) is 0 Å². The molecule has 0 aliphatic carbocycles. The predicted octanol–water partition coefficient (Wildman–Crippen LogP) is 3.83. The second-order valence-electron chi connectivity index (χ2n) is 5.21. The number of hydrogen-bond acceptors (Lipinski definition) is 2. The molecule has 1 aromatic carbocycles. The number of carbonyl (C=O) groups excluding carboxylic acids is 1. The summed E-state index contributed by atoms with van der Waals surface area (Å²) in [5.74, 6) is 2.34. The summed E-state index contributed by atoms with van der Waals surface area (Å²) in [5.41, 5.74) is 1.18. The van der Waals surface area contributed by atoms with Crippen molar-refractivity contribution in [2.45, 2.75) is 25.5 Å². The Labute approximate surface area is 124 Å². The molecule has 4 heteroatoms. The number of halogens is 1. The van der Waals surface area contributed by atoms with E-state index in [1.165, 1.54) is 12.0 Å². The summed E-state index contributed by atoms with van der Waals surface area (Å²) in [6, 6.07) is 7.83. The van der Waals surface area contributed by atoms with E-state index < -0.39 is 0 Å². The van der Waals surface area contributed by atoms with Crippen molar-refractivity contribution in [3.05, 3.63) is 34.9 Å². The van der Waals surface area contributed by atoms with E-state index >= 15 is 0 Å². The fraction of sp³-hybridized carbons (Fsp3) is 0.533. The molecule has 0 aromatic heterocycles. The summed E-state index contributed by atoms with van der Waals surface area (Å²) in [5, 5.41) is 0.759. The summed E-state index contributed by atoms with van der Waals surface area (Å²) < 4.78 is 0. The lowest BCUT2D eigenvalue weighted by molar-refractivity contribution is -0.130. The van der Waals surface area contributed by atoms with Crippen molar-refractivity contribution < 1.29 is 4.79 Å². The first-order valence-electron chi connectivity index (χ1n) is 6.75. The van der Waals surface area contributed by atoms with Gasteiger partial charge in [0.2, 0.25) is 5.91 Å². The van der Waals surface area contributed by atoms with Gasteiger partial charge in [0.25, 0.3) is 0 Å². The Hall–Kier alpha value is -0.670. The van der Waals surface area contributed by atoms with Gasteiger partial charge in [0.1, 0.15) is 0 Å². The predicted molar refractivity (Wildman–Crippen MR) is 82.6 cm³/mol. The summed E-state index contributed by atoms with van der Waals surface area (Å²) in [6.45, 7) is 4.08. The number of nitrogens with zero attached hydrogens (tertiary/aromatic N) is 1. The molecule has 0 radical (unpaired) electrons. The highest BCUT2D eigenvalue weighted by Gasteiger charge is 2.20. The Morgan fingerprint density at radius 2 is 2.37 bits per heavy atom. The fourth-order valence-electron chi connectivity index (χ4n) is 2.39. The fourth-order valence-corrected chi connectivity index (χ4v) is 3.48. The molecule has 2 nitrogen and oxygen atoms in total. The molecule has 1 aliphatic rings. The second kappa shape index (κ2) is 7.20. The van der Waals surface area contributed by atoms with E-state index in [1.54, 1.807) is 11.8 Å². The SMILES string of the molecule is C[C@@H]1CCCN(C(=O)CSCc2cccc(Cl)c2)C1. The molecule has 1 aromatic rings. The Bertz CT molecular complexity index is 438. The van der Waals surface area contributed by atoms with Crippen molar-refractivity contribution in [2.24, 2.45) is 5.92 Å². The summed E-state index contributed by atoms with van der Waals surface area (Å²) in [6.07, 6.45) is 2.39. The maximum atomic E-state index is 12.1. The van der Waals surface area contributed by atoms with Crippen LogP contribution in [0.1, 0.15) is 25.3 Å². The molecule has 1 amide bonds. The van der Waals surface area contributed by atoms with E-state index in [9.17, 15) is 4.79 Å². The zero-order valence-electron chi connectivity index (χ0n) is 11.3. The average molecular weight is 298 g/mol. The van der Waals surface area contributed by atoms with Crippen LogP contribution in [-0.4, -0.2) is 29.6 Å². The topological polar surface area (TPSA) is 20.3 Å². The van der Waals surface area contributed by atoms with E-state index in [0.29, 0.717) is 11.7 Å². The van der Waals surface area contributed by atoms with E-state index in [2.05, 4.69) is 6.92 Å². The third kappa shape index (κ3) is 4.73.